The molecule has 0 saturated heterocycles. The maximum absolute atomic E-state index is 11.8. The van der Waals surface area contributed by atoms with Crippen LogP contribution in [0.1, 0.15) is 28.1 Å². The molecule has 0 atom stereocenters. The minimum absolute atomic E-state index is 0.427. The van der Waals surface area contributed by atoms with Crippen LogP contribution in [0.5, 0.6) is 0 Å². The number of nitrogens with zero attached hydrogens (tertiary/aromatic N) is 1. The smallest absolute Gasteiger partial charge is 0.152 e. The number of benzene rings is 2. The maximum atomic E-state index is 11.8. The normalized spacial score (nSPS) is 10.9. The second kappa shape index (κ2) is 5.42. The van der Waals surface area contributed by atoms with E-state index < -0.39 is 0 Å². The third-order valence-corrected chi connectivity index (χ3v) is 4.67. The molecule has 0 amide bonds. The molecule has 1 aromatic heterocycles. The van der Waals surface area contributed by atoms with E-state index in [4.69, 9.17) is 5.73 Å². The van der Waals surface area contributed by atoms with Gasteiger partial charge in [0.15, 0.2) is 5.82 Å². The Balaban J connectivity index is 2.25. The fourth-order valence-corrected chi connectivity index (χ4v) is 3.20. The summed E-state index contributed by atoms with van der Waals surface area (Å²) in [5.41, 5.74) is 12.6. The molecular weight excluding hydrogens is 294 g/mol. The van der Waals surface area contributed by atoms with E-state index in [1.165, 1.54) is 0 Å². The predicted molar refractivity (Wildman–Crippen MR) is 92.5 cm³/mol. The first-order chi connectivity index (χ1) is 10.5. The molecule has 0 saturated carbocycles. The van der Waals surface area contributed by atoms with Gasteiger partial charge in [-0.1, -0.05) is 12.1 Å². The Morgan fingerprint density at radius 3 is 2.59 bits per heavy atom. The highest BCUT2D eigenvalue weighted by Crippen LogP contribution is 2.26. The number of aryl methyl sites for hydroxylation is 1. The number of hydrogen-bond donors (Lipinski definition) is 2. The van der Waals surface area contributed by atoms with Gasteiger partial charge in [0.25, 0.3) is 0 Å². The van der Waals surface area contributed by atoms with Crippen LogP contribution < -0.4 is 5.73 Å². The van der Waals surface area contributed by atoms with Crippen LogP contribution in [-0.2, 0) is 11.3 Å². The van der Waals surface area contributed by atoms with Crippen molar-refractivity contribution in [2.24, 2.45) is 0 Å². The number of imidazole rings is 1. The van der Waals surface area contributed by atoms with Crippen molar-refractivity contribution >= 4 is 32.8 Å². The Morgan fingerprint density at radius 2 is 1.91 bits per heavy atom. The van der Waals surface area contributed by atoms with Crippen LogP contribution in [0.4, 0.5) is 5.69 Å². The second-order valence-electron chi connectivity index (χ2n) is 5.42. The zero-order chi connectivity index (χ0) is 15.9. The summed E-state index contributed by atoms with van der Waals surface area (Å²) >= 11 is 0.427. The summed E-state index contributed by atoms with van der Waals surface area (Å²) in [4.78, 5) is 8.27. The molecule has 0 aliphatic rings. The Hall–Kier alpha value is -2.40. The average molecular weight is 311 g/mol. The summed E-state index contributed by atoms with van der Waals surface area (Å²) in [6.45, 7) is 6.06. The van der Waals surface area contributed by atoms with Gasteiger partial charge in [0.05, 0.1) is 11.0 Å². The van der Waals surface area contributed by atoms with Crippen LogP contribution in [0, 0.1) is 20.8 Å². The Bertz CT molecular complexity index is 903. The van der Waals surface area contributed by atoms with Crippen molar-refractivity contribution in [3.05, 3.63) is 58.4 Å². The number of para-hydroxylation sites is 2. The zero-order valence-corrected chi connectivity index (χ0v) is 13.5. The molecule has 2 aromatic carbocycles. The largest absolute Gasteiger partial charge is 0.398 e. The second-order valence-corrected chi connectivity index (χ2v) is 6.00. The zero-order valence-electron chi connectivity index (χ0n) is 12.7. The van der Waals surface area contributed by atoms with E-state index in [2.05, 4.69) is 9.97 Å². The van der Waals surface area contributed by atoms with Gasteiger partial charge < -0.3 is 10.7 Å². The molecule has 3 N–H and O–H groups in total. The minimum Gasteiger partial charge on any atom is -0.398 e. The maximum Gasteiger partial charge on any atom is 0.152 e. The van der Waals surface area contributed by atoms with Gasteiger partial charge in [-0.15, -0.1) is 0 Å². The Morgan fingerprint density at radius 1 is 1.18 bits per heavy atom. The molecule has 0 spiro atoms. The number of rotatable bonds is 2. The average Bonchev–Trinajstić information content (AvgIpc) is 2.92. The fourth-order valence-electron chi connectivity index (χ4n) is 2.67. The van der Waals surface area contributed by atoms with Crippen molar-refractivity contribution < 1.29 is 4.21 Å². The van der Waals surface area contributed by atoms with Crippen LogP contribution in [0.3, 0.4) is 0 Å². The molecule has 3 rings (SSSR count). The number of anilines is 1. The molecule has 4 nitrogen and oxygen atoms in total. The predicted octanol–water partition coefficient (Wildman–Crippen LogP) is 2.85. The number of aromatic amines is 1. The SMILES string of the molecule is Cc1cc(N)c(C(=S=O)c2nc3ccccc3[nH]2)c(C)c1C. The van der Waals surface area contributed by atoms with Crippen molar-refractivity contribution in [3.8, 4) is 0 Å². The van der Waals surface area contributed by atoms with E-state index in [1.54, 1.807) is 0 Å². The van der Waals surface area contributed by atoms with Crippen molar-refractivity contribution in [1.82, 2.24) is 9.97 Å². The van der Waals surface area contributed by atoms with Crippen LogP contribution in [-0.4, -0.2) is 19.0 Å². The lowest BCUT2D eigenvalue weighted by Crippen LogP contribution is -2.12. The van der Waals surface area contributed by atoms with Gasteiger partial charge in [0.2, 0.25) is 0 Å². The van der Waals surface area contributed by atoms with Crippen molar-refractivity contribution in [3.63, 3.8) is 0 Å². The van der Waals surface area contributed by atoms with Gasteiger partial charge in [-0.05, 0) is 55.7 Å². The van der Waals surface area contributed by atoms with Crippen molar-refractivity contribution in [2.75, 3.05) is 5.73 Å². The molecule has 0 unspecified atom stereocenters. The van der Waals surface area contributed by atoms with Crippen molar-refractivity contribution in [1.29, 1.82) is 0 Å². The summed E-state index contributed by atoms with van der Waals surface area (Å²) in [5.74, 6) is 0.569. The molecule has 0 aliphatic carbocycles. The van der Waals surface area contributed by atoms with Gasteiger partial charge in [-0.25, -0.2) is 9.19 Å². The van der Waals surface area contributed by atoms with E-state index in [1.807, 2.05) is 51.1 Å². The molecule has 0 bridgehead atoms. The lowest BCUT2D eigenvalue weighted by molar-refractivity contribution is 0.701. The molecule has 1 heterocycles. The van der Waals surface area contributed by atoms with Gasteiger partial charge in [0, 0.05) is 11.3 Å². The highest BCUT2D eigenvalue weighted by molar-refractivity contribution is 7.67. The standard InChI is InChI=1S/C17H17N3OS/c1-9-8-12(18)15(11(3)10(9)2)16(22-21)17-19-13-6-4-5-7-14(13)20-17/h4-8H,18H2,1-3H3,(H,19,20). The third-order valence-electron chi connectivity index (χ3n) is 4.10. The monoisotopic (exact) mass is 311 g/mol. The third kappa shape index (κ3) is 2.23. The van der Waals surface area contributed by atoms with Crippen LogP contribution in [0.2, 0.25) is 0 Å². The summed E-state index contributed by atoms with van der Waals surface area (Å²) < 4.78 is 11.8. The van der Waals surface area contributed by atoms with E-state index in [9.17, 15) is 4.21 Å². The van der Waals surface area contributed by atoms with Gasteiger partial charge >= 0.3 is 0 Å². The number of nitrogens with one attached hydrogen (secondary N) is 1. The first kappa shape index (κ1) is 14.5. The van der Waals surface area contributed by atoms with Crippen LogP contribution in [0.15, 0.2) is 30.3 Å². The van der Waals surface area contributed by atoms with E-state index in [-0.39, 0.29) is 0 Å². The summed E-state index contributed by atoms with van der Waals surface area (Å²) in [5, 5.41) is 0. The highest BCUT2D eigenvalue weighted by atomic mass is 32.1. The number of fused-ring (bicyclic) bond motifs is 1. The Labute approximate surface area is 132 Å². The van der Waals surface area contributed by atoms with Crippen molar-refractivity contribution in [2.45, 2.75) is 20.8 Å². The van der Waals surface area contributed by atoms with Crippen LogP contribution >= 0.6 is 0 Å². The fraction of sp³-hybridized carbons (Fsp3) is 0.176. The first-order valence-electron chi connectivity index (χ1n) is 7.01. The highest BCUT2D eigenvalue weighted by Gasteiger charge is 2.18. The van der Waals surface area contributed by atoms with E-state index >= 15 is 0 Å². The molecule has 3 aromatic rings. The van der Waals surface area contributed by atoms with Gasteiger partial charge in [0.1, 0.15) is 16.1 Å². The number of hydrogen-bond acceptors (Lipinski definition) is 3. The molecule has 0 fully saturated rings. The number of aromatic nitrogens is 2. The molecule has 0 aliphatic heterocycles. The number of nitrogens with two attached hydrogens (primary N) is 1. The molecular formula is C17H17N3OS. The summed E-state index contributed by atoms with van der Waals surface area (Å²) in [7, 11) is 0. The van der Waals surface area contributed by atoms with Crippen LogP contribution in [0.25, 0.3) is 11.0 Å². The van der Waals surface area contributed by atoms with Gasteiger partial charge in [-0.2, -0.15) is 0 Å². The molecule has 5 heteroatoms. The number of H-pyrrole nitrogens is 1. The summed E-state index contributed by atoms with van der Waals surface area (Å²) in [6.07, 6.45) is 0. The summed E-state index contributed by atoms with van der Waals surface area (Å²) in [6, 6.07) is 9.63. The lowest BCUT2D eigenvalue weighted by atomic mass is 9.95. The van der Waals surface area contributed by atoms with Gasteiger partial charge in [-0.3, -0.25) is 0 Å². The number of nitrogen functional groups attached to an aromatic ring is 1. The minimum atomic E-state index is 0.427. The lowest BCUT2D eigenvalue weighted by Gasteiger charge is -2.14. The van der Waals surface area contributed by atoms with E-state index in [0.717, 1.165) is 33.3 Å². The first-order valence-corrected chi connectivity index (χ1v) is 7.75. The topological polar surface area (TPSA) is 71.8 Å². The van der Waals surface area contributed by atoms with E-state index in [0.29, 0.717) is 27.6 Å². The molecule has 0 radical (unpaired) electrons. The Kier molecular flexibility index (Phi) is 3.58. The molecule has 112 valence electrons. The quantitative estimate of drug-likeness (QED) is 0.434. The molecule has 22 heavy (non-hydrogen) atoms.